The van der Waals surface area contributed by atoms with E-state index in [1.54, 1.807) is 13.2 Å². The summed E-state index contributed by atoms with van der Waals surface area (Å²) in [4.78, 5) is 12.3. The van der Waals surface area contributed by atoms with Crippen molar-refractivity contribution in [3.05, 3.63) is 29.6 Å². The van der Waals surface area contributed by atoms with Gasteiger partial charge in [0.1, 0.15) is 11.6 Å². The highest BCUT2D eigenvalue weighted by Gasteiger charge is 2.23. The third-order valence-corrected chi connectivity index (χ3v) is 4.68. The minimum Gasteiger partial charge on any atom is -0.496 e. The predicted molar refractivity (Wildman–Crippen MR) is 96.1 cm³/mol. The zero-order valence-corrected chi connectivity index (χ0v) is 15.4. The lowest BCUT2D eigenvalue weighted by molar-refractivity contribution is -0.123. The van der Waals surface area contributed by atoms with E-state index < -0.39 is 0 Å². The van der Waals surface area contributed by atoms with Crippen LogP contribution in [0.2, 0.25) is 0 Å². The second-order valence-corrected chi connectivity index (χ2v) is 6.46. The van der Waals surface area contributed by atoms with E-state index in [0.717, 1.165) is 13.1 Å². The summed E-state index contributed by atoms with van der Waals surface area (Å²) in [5.74, 6) is 1.15. The number of ether oxygens (including phenoxy) is 1. The van der Waals surface area contributed by atoms with Gasteiger partial charge in [0.25, 0.3) is 0 Å². The first kappa shape index (κ1) is 20.7. The third kappa shape index (κ3) is 5.64. The maximum atomic E-state index is 13.5. The van der Waals surface area contributed by atoms with Crippen molar-refractivity contribution in [2.75, 3.05) is 20.2 Å². The molecule has 1 aliphatic rings. The van der Waals surface area contributed by atoms with Gasteiger partial charge in [0.05, 0.1) is 13.2 Å². The normalized spacial score (nSPS) is 19.8. The zero-order chi connectivity index (χ0) is 16.8. The number of piperidine rings is 1. The Balaban J connectivity index is 0.00000288. The number of nitrogens with one attached hydrogen (secondary N) is 2. The van der Waals surface area contributed by atoms with Gasteiger partial charge in [0, 0.05) is 12.0 Å². The van der Waals surface area contributed by atoms with Crippen LogP contribution in [0.4, 0.5) is 4.39 Å². The number of amides is 1. The molecule has 136 valence electrons. The molecule has 0 spiro atoms. The number of carbonyl (C=O) groups is 1. The number of halogens is 2. The lowest BCUT2D eigenvalue weighted by Gasteiger charge is -2.28. The molecule has 1 saturated heterocycles. The molecule has 1 fully saturated rings. The second-order valence-electron chi connectivity index (χ2n) is 6.46. The van der Waals surface area contributed by atoms with E-state index >= 15 is 0 Å². The molecule has 0 aromatic heterocycles. The van der Waals surface area contributed by atoms with Gasteiger partial charge >= 0.3 is 0 Å². The van der Waals surface area contributed by atoms with Gasteiger partial charge in [-0.3, -0.25) is 4.79 Å². The topological polar surface area (TPSA) is 50.4 Å². The Morgan fingerprint density at radius 1 is 1.46 bits per heavy atom. The van der Waals surface area contributed by atoms with Crippen LogP contribution in [0.1, 0.15) is 44.7 Å². The SMILES string of the molecule is COc1ccc(F)cc1C(C)NC(=O)CC(C)C1CCCNC1.Cl. The van der Waals surface area contributed by atoms with E-state index in [1.165, 1.54) is 25.0 Å². The van der Waals surface area contributed by atoms with Gasteiger partial charge < -0.3 is 15.4 Å². The van der Waals surface area contributed by atoms with Gasteiger partial charge in [0.15, 0.2) is 0 Å². The smallest absolute Gasteiger partial charge is 0.220 e. The average Bonchev–Trinajstić information content (AvgIpc) is 2.55. The van der Waals surface area contributed by atoms with Crippen LogP contribution < -0.4 is 15.4 Å². The summed E-state index contributed by atoms with van der Waals surface area (Å²) < 4.78 is 18.7. The minimum absolute atomic E-state index is 0. The molecule has 3 atom stereocenters. The number of benzene rings is 1. The molecule has 1 amide bonds. The molecule has 3 unspecified atom stereocenters. The molecule has 0 radical (unpaired) electrons. The molecule has 0 aliphatic carbocycles. The van der Waals surface area contributed by atoms with Crippen LogP contribution in [0.3, 0.4) is 0 Å². The summed E-state index contributed by atoms with van der Waals surface area (Å²) >= 11 is 0. The molecule has 4 nitrogen and oxygen atoms in total. The van der Waals surface area contributed by atoms with E-state index in [0.29, 0.717) is 29.6 Å². The summed E-state index contributed by atoms with van der Waals surface area (Å²) in [6, 6.07) is 4.07. The molecule has 1 heterocycles. The molecule has 24 heavy (non-hydrogen) atoms. The van der Waals surface area contributed by atoms with E-state index in [2.05, 4.69) is 17.6 Å². The Morgan fingerprint density at radius 2 is 2.21 bits per heavy atom. The predicted octanol–water partition coefficient (Wildman–Crippen LogP) is 3.46. The summed E-state index contributed by atoms with van der Waals surface area (Å²) in [7, 11) is 1.55. The Morgan fingerprint density at radius 3 is 2.83 bits per heavy atom. The van der Waals surface area contributed by atoms with Crippen molar-refractivity contribution < 1.29 is 13.9 Å². The van der Waals surface area contributed by atoms with Crippen LogP contribution in [-0.2, 0) is 4.79 Å². The molecular formula is C18H28ClFN2O2. The van der Waals surface area contributed by atoms with Gasteiger partial charge in [-0.1, -0.05) is 6.92 Å². The van der Waals surface area contributed by atoms with Crippen molar-refractivity contribution in [2.24, 2.45) is 11.8 Å². The van der Waals surface area contributed by atoms with Crippen LogP contribution in [0.15, 0.2) is 18.2 Å². The maximum absolute atomic E-state index is 13.5. The fourth-order valence-electron chi connectivity index (χ4n) is 3.25. The molecule has 0 bridgehead atoms. The van der Waals surface area contributed by atoms with Crippen molar-refractivity contribution in [1.29, 1.82) is 0 Å². The van der Waals surface area contributed by atoms with Crippen LogP contribution in [0.5, 0.6) is 5.75 Å². The van der Waals surface area contributed by atoms with E-state index in [1.807, 2.05) is 6.92 Å². The fraction of sp³-hybridized carbons (Fsp3) is 0.611. The average molecular weight is 359 g/mol. The van der Waals surface area contributed by atoms with Gasteiger partial charge in [-0.15, -0.1) is 12.4 Å². The van der Waals surface area contributed by atoms with E-state index in [-0.39, 0.29) is 30.2 Å². The van der Waals surface area contributed by atoms with Crippen molar-refractivity contribution in [1.82, 2.24) is 10.6 Å². The Kier molecular flexibility index (Phi) is 8.50. The van der Waals surface area contributed by atoms with E-state index in [9.17, 15) is 9.18 Å². The monoisotopic (exact) mass is 358 g/mol. The third-order valence-electron chi connectivity index (χ3n) is 4.68. The van der Waals surface area contributed by atoms with E-state index in [4.69, 9.17) is 4.74 Å². The highest BCUT2D eigenvalue weighted by molar-refractivity contribution is 5.85. The number of rotatable bonds is 6. The highest BCUT2D eigenvalue weighted by Crippen LogP contribution is 2.27. The Labute approximate surface area is 149 Å². The van der Waals surface area contributed by atoms with Crippen LogP contribution in [-0.4, -0.2) is 26.1 Å². The molecule has 6 heteroatoms. The van der Waals surface area contributed by atoms with Crippen molar-refractivity contribution >= 4 is 18.3 Å². The summed E-state index contributed by atoms with van der Waals surface area (Å²) in [6.07, 6.45) is 2.84. The Bertz CT molecular complexity index is 536. The maximum Gasteiger partial charge on any atom is 0.220 e. The molecule has 1 aromatic rings. The standard InChI is InChI=1S/C18H27FN2O2.ClH/c1-12(14-5-4-8-20-11-14)9-18(22)21-13(2)16-10-15(19)6-7-17(16)23-3;/h6-7,10,12-14,20H,4-5,8-9,11H2,1-3H3,(H,21,22);1H. The number of carbonyl (C=O) groups excluding carboxylic acids is 1. The van der Waals surface area contributed by atoms with Crippen LogP contribution >= 0.6 is 12.4 Å². The first-order valence-electron chi connectivity index (χ1n) is 8.34. The molecule has 2 N–H and O–H groups in total. The highest BCUT2D eigenvalue weighted by atomic mass is 35.5. The lowest BCUT2D eigenvalue weighted by atomic mass is 9.85. The first-order chi connectivity index (χ1) is 11.0. The van der Waals surface area contributed by atoms with Gasteiger partial charge in [-0.25, -0.2) is 4.39 Å². The molecule has 1 aromatic carbocycles. The molecule has 0 saturated carbocycles. The Hall–Kier alpha value is -1.33. The van der Waals surface area contributed by atoms with Crippen molar-refractivity contribution in [2.45, 2.75) is 39.2 Å². The lowest BCUT2D eigenvalue weighted by Crippen LogP contribution is -2.36. The minimum atomic E-state index is -0.330. The largest absolute Gasteiger partial charge is 0.496 e. The van der Waals surface area contributed by atoms with Gasteiger partial charge in [-0.05, 0) is 62.9 Å². The van der Waals surface area contributed by atoms with Crippen LogP contribution in [0.25, 0.3) is 0 Å². The number of hydrogen-bond acceptors (Lipinski definition) is 3. The summed E-state index contributed by atoms with van der Waals surface area (Å²) in [5, 5.41) is 6.35. The fourth-order valence-corrected chi connectivity index (χ4v) is 3.25. The quantitative estimate of drug-likeness (QED) is 0.818. The summed E-state index contributed by atoms with van der Waals surface area (Å²) in [6.45, 7) is 6.04. The van der Waals surface area contributed by atoms with Crippen LogP contribution in [0, 0.1) is 17.7 Å². The van der Waals surface area contributed by atoms with Crippen molar-refractivity contribution in [3.8, 4) is 5.75 Å². The number of hydrogen-bond donors (Lipinski definition) is 2. The first-order valence-corrected chi connectivity index (χ1v) is 8.34. The van der Waals surface area contributed by atoms with Gasteiger partial charge in [-0.2, -0.15) is 0 Å². The summed E-state index contributed by atoms with van der Waals surface area (Å²) in [5.41, 5.74) is 0.660. The second kappa shape index (κ2) is 9.84. The van der Waals surface area contributed by atoms with Crippen molar-refractivity contribution in [3.63, 3.8) is 0 Å². The number of methoxy groups -OCH3 is 1. The van der Waals surface area contributed by atoms with Gasteiger partial charge in [0.2, 0.25) is 5.91 Å². The zero-order valence-electron chi connectivity index (χ0n) is 14.6. The molecule has 2 rings (SSSR count). The molecular weight excluding hydrogens is 331 g/mol. The molecule has 1 aliphatic heterocycles.